The molecule has 5 nitrogen and oxygen atoms in total. The van der Waals surface area contributed by atoms with E-state index in [1.165, 1.54) is 42.2 Å². The number of hydrogen-bond donors (Lipinski definition) is 1. The van der Waals surface area contributed by atoms with Gasteiger partial charge < -0.3 is 15.0 Å². The predicted octanol–water partition coefficient (Wildman–Crippen LogP) is 3.08. The van der Waals surface area contributed by atoms with Crippen LogP contribution in [0.2, 0.25) is 0 Å². The molecule has 1 fully saturated rings. The van der Waals surface area contributed by atoms with Gasteiger partial charge >= 0.3 is 0 Å². The van der Waals surface area contributed by atoms with Crippen LogP contribution >= 0.6 is 0 Å². The van der Waals surface area contributed by atoms with Gasteiger partial charge in [-0.25, -0.2) is 4.39 Å². The lowest BCUT2D eigenvalue weighted by atomic mass is 9.80. The van der Waals surface area contributed by atoms with Gasteiger partial charge in [-0.2, -0.15) is 0 Å². The SMILES string of the molecule is CCOCCn1cc(C(N)=O)ccc1=O.Fc1ccccc1C1CCC1. The van der Waals surface area contributed by atoms with Gasteiger partial charge in [-0.05, 0) is 43.4 Å². The molecule has 6 heteroatoms. The second-order valence-corrected chi connectivity index (χ2v) is 6.16. The third-order valence-corrected chi connectivity index (χ3v) is 4.40. The summed E-state index contributed by atoms with van der Waals surface area (Å²) in [7, 11) is 0. The molecular formula is C20H25FN2O3. The molecule has 1 heterocycles. The molecule has 3 rings (SSSR count). The van der Waals surface area contributed by atoms with Crippen LogP contribution in [0.15, 0.2) is 47.4 Å². The standard InChI is InChI=1S/C10H11F.C10H14N2O3/c11-10-7-2-1-6-9(10)8-4-3-5-8;1-2-15-6-5-12-7-8(10(11)14)3-4-9(12)13/h1-2,6-8H,3-5H2;3-4,7H,2,5-6H2,1H3,(H2,11,14). The summed E-state index contributed by atoms with van der Waals surface area (Å²) < 4.78 is 19.6. The van der Waals surface area contributed by atoms with E-state index in [0.29, 0.717) is 31.2 Å². The zero-order valence-electron chi connectivity index (χ0n) is 15.0. The Bertz CT molecular complexity index is 785. The minimum absolute atomic E-state index is 0.0304. The highest BCUT2D eigenvalue weighted by Gasteiger charge is 2.21. The Morgan fingerprint density at radius 3 is 2.58 bits per heavy atom. The highest BCUT2D eigenvalue weighted by Crippen LogP contribution is 2.37. The quantitative estimate of drug-likeness (QED) is 0.805. The first kappa shape index (κ1) is 19.8. The molecule has 26 heavy (non-hydrogen) atoms. The van der Waals surface area contributed by atoms with E-state index >= 15 is 0 Å². The number of pyridine rings is 1. The third kappa shape index (κ3) is 5.52. The summed E-state index contributed by atoms with van der Waals surface area (Å²) in [4.78, 5) is 22.2. The molecule has 0 bridgehead atoms. The van der Waals surface area contributed by atoms with Crippen molar-refractivity contribution in [1.29, 1.82) is 0 Å². The van der Waals surface area contributed by atoms with Crippen LogP contribution in [0, 0.1) is 5.82 Å². The fourth-order valence-corrected chi connectivity index (χ4v) is 2.68. The van der Waals surface area contributed by atoms with Gasteiger partial charge in [0.15, 0.2) is 0 Å². The number of carbonyl (C=O) groups is 1. The third-order valence-electron chi connectivity index (χ3n) is 4.40. The summed E-state index contributed by atoms with van der Waals surface area (Å²) in [5, 5.41) is 0. The van der Waals surface area contributed by atoms with Crippen molar-refractivity contribution in [1.82, 2.24) is 4.57 Å². The molecular weight excluding hydrogens is 335 g/mol. The van der Waals surface area contributed by atoms with Crippen LogP contribution in [0.5, 0.6) is 0 Å². The molecule has 0 saturated heterocycles. The lowest BCUT2D eigenvalue weighted by Gasteiger charge is -2.25. The van der Waals surface area contributed by atoms with E-state index in [1.54, 1.807) is 12.1 Å². The minimum Gasteiger partial charge on any atom is -0.380 e. The molecule has 1 aliphatic carbocycles. The molecule has 1 aromatic carbocycles. The first-order valence-electron chi connectivity index (χ1n) is 8.85. The van der Waals surface area contributed by atoms with Crippen LogP contribution < -0.4 is 11.3 Å². The number of benzene rings is 1. The summed E-state index contributed by atoms with van der Waals surface area (Å²) in [5.41, 5.74) is 6.18. The number of aromatic nitrogens is 1. The van der Waals surface area contributed by atoms with E-state index in [2.05, 4.69) is 0 Å². The Kier molecular flexibility index (Phi) is 7.53. The van der Waals surface area contributed by atoms with Gasteiger partial charge in [0, 0.05) is 25.4 Å². The number of nitrogens with zero attached hydrogens (tertiary/aromatic N) is 1. The van der Waals surface area contributed by atoms with E-state index in [1.807, 2.05) is 19.1 Å². The Morgan fingerprint density at radius 1 is 1.27 bits per heavy atom. The van der Waals surface area contributed by atoms with Crippen LogP contribution in [0.1, 0.15) is 48.0 Å². The maximum atomic E-state index is 13.1. The summed E-state index contributed by atoms with van der Waals surface area (Å²) in [5.74, 6) is -0.0615. The number of carbonyl (C=O) groups excluding carboxylic acids is 1. The fourth-order valence-electron chi connectivity index (χ4n) is 2.68. The first-order chi connectivity index (χ1) is 12.5. The lowest BCUT2D eigenvalue weighted by molar-refractivity contribution is 0.0998. The zero-order valence-corrected chi connectivity index (χ0v) is 15.0. The van der Waals surface area contributed by atoms with Gasteiger partial charge in [0.1, 0.15) is 5.82 Å². The maximum absolute atomic E-state index is 13.1. The molecule has 0 spiro atoms. The smallest absolute Gasteiger partial charge is 0.250 e. The number of amides is 1. The second kappa shape index (κ2) is 9.87. The van der Waals surface area contributed by atoms with E-state index in [4.69, 9.17) is 10.5 Å². The minimum atomic E-state index is -0.542. The number of nitrogens with two attached hydrogens (primary N) is 1. The monoisotopic (exact) mass is 360 g/mol. The predicted molar refractivity (Wildman–Crippen MR) is 98.7 cm³/mol. The summed E-state index contributed by atoms with van der Waals surface area (Å²) >= 11 is 0. The Balaban J connectivity index is 0.000000195. The van der Waals surface area contributed by atoms with Crippen LogP contribution in [-0.2, 0) is 11.3 Å². The Labute approximate surface area is 152 Å². The molecule has 1 aromatic heterocycles. The second-order valence-electron chi connectivity index (χ2n) is 6.16. The highest BCUT2D eigenvalue weighted by atomic mass is 19.1. The molecule has 1 aliphatic rings. The number of halogens is 1. The topological polar surface area (TPSA) is 74.3 Å². The molecule has 0 aliphatic heterocycles. The molecule has 0 atom stereocenters. The molecule has 0 unspecified atom stereocenters. The van der Waals surface area contributed by atoms with Crippen LogP contribution in [0.3, 0.4) is 0 Å². The number of primary amides is 1. The number of ether oxygens (including phenoxy) is 1. The van der Waals surface area contributed by atoms with Crippen molar-refractivity contribution in [3.8, 4) is 0 Å². The number of rotatable bonds is 6. The van der Waals surface area contributed by atoms with Crippen LogP contribution in [0.25, 0.3) is 0 Å². The van der Waals surface area contributed by atoms with Crippen LogP contribution in [0.4, 0.5) is 4.39 Å². The van der Waals surface area contributed by atoms with Crippen molar-refractivity contribution in [3.63, 3.8) is 0 Å². The highest BCUT2D eigenvalue weighted by molar-refractivity contribution is 5.92. The molecule has 2 N–H and O–H groups in total. The summed E-state index contributed by atoms with van der Waals surface area (Å²) in [6.07, 6.45) is 5.05. The van der Waals surface area contributed by atoms with E-state index in [-0.39, 0.29) is 11.4 Å². The van der Waals surface area contributed by atoms with Gasteiger partial charge in [-0.3, -0.25) is 9.59 Å². The Morgan fingerprint density at radius 2 is 2.00 bits per heavy atom. The lowest BCUT2D eigenvalue weighted by Crippen LogP contribution is -2.24. The zero-order chi connectivity index (χ0) is 18.9. The van der Waals surface area contributed by atoms with Gasteiger partial charge in [0.25, 0.3) is 5.56 Å². The van der Waals surface area contributed by atoms with Crippen molar-refractivity contribution in [2.45, 2.75) is 38.6 Å². The van der Waals surface area contributed by atoms with Gasteiger partial charge in [0.05, 0.1) is 12.2 Å². The summed E-state index contributed by atoms with van der Waals surface area (Å²) in [6, 6.07) is 9.86. The van der Waals surface area contributed by atoms with Crippen molar-refractivity contribution in [2.75, 3.05) is 13.2 Å². The van der Waals surface area contributed by atoms with E-state index < -0.39 is 5.91 Å². The average Bonchev–Trinajstić information content (AvgIpc) is 2.57. The molecule has 0 radical (unpaired) electrons. The summed E-state index contributed by atoms with van der Waals surface area (Å²) in [6.45, 7) is 3.35. The maximum Gasteiger partial charge on any atom is 0.250 e. The van der Waals surface area contributed by atoms with E-state index in [9.17, 15) is 14.0 Å². The van der Waals surface area contributed by atoms with Crippen molar-refractivity contribution in [2.24, 2.45) is 5.73 Å². The van der Waals surface area contributed by atoms with Crippen LogP contribution in [-0.4, -0.2) is 23.7 Å². The van der Waals surface area contributed by atoms with E-state index in [0.717, 1.165) is 5.56 Å². The first-order valence-corrected chi connectivity index (χ1v) is 8.85. The largest absolute Gasteiger partial charge is 0.380 e. The fraction of sp³-hybridized carbons (Fsp3) is 0.400. The average molecular weight is 360 g/mol. The number of hydrogen-bond acceptors (Lipinski definition) is 3. The Hall–Kier alpha value is -2.47. The van der Waals surface area contributed by atoms with Crippen molar-refractivity contribution < 1.29 is 13.9 Å². The van der Waals surface area contributed by atoms with Crippen molar-refractivity contribution >= 4 is 5.91 Å². The molecule has 140 valence electrons. The van der Waals surface area contributed by atoms with Gasteiger partial charge in [-0.15, -0.1) is 0 Å². The molecule has 1 saturated carbocycles. The van der Waals surface area contributed by atoms with Gasteiger partial charge in [-0.1, -0.05) is 24.6 Å². The van der Waals surface area contributed by atoms with Crippen molar-refractivity contribution in [3.05, 3.63) is 69.9 Å². The van der Waals surface area contributed by atoms with Gasteiger partial charge in [0.2, 0.25) is 5.91 Å². The normalized spacial score (nSPS) is 13.5. The molecule has 1 amide bonds. The molecule has 2 aromatic rings.